The van der Waals surface area contributed by atoms with E-state index >= 15 is 0 Å². The van der Waals surface area contributed by atoms with E-state index in [1.54, 1.807) is 5.92 Å². The van der Waals surface area contributed by atoms with Crippen LogP contribution in [0.5, 0.6) is 0 Å². The van der Waals surface area contributed by atoms with E-state index in [2.05, 4.69) is 30.3 Å². The second-order valence-electron chi connectivity index (χ2n) is 6.35. The monoisotopic (exact) mass is 300 g/mol. The number of nitriles is 1. The third kappa shape index (κ3) is 2.87. The fourth-order valence-corrected chi connectivity index (χ4v) is 3.58. The van der Waals surface area contributed by atoms with Gasteiger partial charge in [-0.15, -0.1) is 0 Å². The molecule has 1 aromatic heterocycles. The predicted molar refractivity (Wildman–Crippen MR) is 90.9 cm³/mol. The quantitative estimate of drug-likeness (QED) is 0.650. The SMILES string of the molecule is N#Cc1ccc(C2CC[C](Cc3cc4ccccc4o3)C2)cc1. The first-order valence-electron chi connectivity index (χ1n) is 8.13. The summed E-state index contributed by atoms with van der Waals surface area (Å²) in [6, 6.07) is 20.6. The number of hydrogen-bond donors (Lipinski definition) is 0. The van der Waals surface area contributed by atoms with Crippen LogP contribution in [-0.4, -0.2) is 0 Å². The molecule has 1 atom stereocenters. The first-order chi connectivity index (χ1) is 11.3. The molecule has 0 amide bonds. The standard InChI is InChI=1S/C21H18NO/c22-14-15-5-8-17(9-6-15)18-10-7-16(11-18)12-20-13-19-3-1-2-4-21(19)23-20/h1-6,8-9,13,18H,7,10-12H2. The number of nitrogens with zero attached hydrogens (tertiary/aromatic N) is 1. The molecule has 3 aromatic rings. The lowest BCUT2D eigenvalue weighted by Crippen LogP contribution is -1.97. The highest BCUT2D eigenvalue weighted by Crippen LogP contribution is 2.41. The Labute approximate surface area is 136 Å². The summed E-state index contributed by atoms with van der Waals surface area (Å²) in [5, 5.41) is 10.1. The molecule has 1 heterocycles. The Hall–Kier alpha value is -2.53. The number of fused-ring (bicyclic) bond motifs is 1. The molecule has 113 valence electrons. The van der Waals surface area contributed by atoms with E-state index in [1.165, 1.54) is 23.8 Å². The van der Waals surface area contributed by atoms with Gasteiger partial charge in [0.25, 0.3) is 0 Å². The summed E-state index contributed by atoms with van der Waals surface area (Å²) in [6.07, 6.45) is 4.44. The van der Waals surface area contributed by atoms with Gasteiger partial charge in [0.1, 0.15) is 11.3 Å². The normalized spacial score (nSPS) is 18.3. The van der Waals surface area contributed by atoms with E-state index in [1.807, 2.05) is 30.3 Å². The van der Waals surface area contributed by atoms with Gasteiger partial charge in [-0.3, -0.25) is 0 Å². The van der Waals surface area contributed by atoms with Gasteiger partial charge in [-0.05, 0) is 60.9 Å². The summed E-state index contributed by atoms with van der Waals surface area (Å²) in [5.41, 5.74) is 3.06. The Kier molecular flexibility index (Phi) is 3.63. The summed E-state index contributed by atoms with van der Waals surface area (Å²) in [6.45, 7) is 0. The topological polar surface area (TPSA) is 36.9 Å². The van der Waals surface area contributed by atoms with Crippen molar-refractivity contribution in [2.45, 2.75) is 31.6 Å². The van der Waals surface area contributed by atoms with E-state index in [9.17, 15) is 0 Å². The van der Waals surface area contributed by atoms with Crippen molar-refractivity contribution in [2.24, 2.45) is 0 Å². The van der Waals surface area contributed by atoms with Crippen molar-refractivity contribution in [1.82, 2.24) is 0 Å². The molecule has 2 heteroatoms. The Balaban J connectivity index is 1.44. The van der Waals surface area contributed by atoms with Crippen molar-refractivity contribution in [3.05, 3.63) is 77.4 Å². The fraction of sp³-hybridized carbons (Fsp3) is 0.238. The zero-order chi connectivity index (χ0) is 15.6. The minimum absolute atomic E-state index is 0.585. The summed E-state index contributed by atoms with van der Waals surface area (Å²) in [5.74, 6) is 3.22. The van der Waals surface area contributed by atoms with E-state index in [4.69, 9.17) is 9.68 Å². The van der Waals surface area contributed by atoms with Crippen LogP contribution in [0.2, 0.25) is 0 Å². The zero-order valence-corrected chi connectivity index (χ0v) is 13.0. The second-order valence-corrected chi connectivity index (χ2v) is 6.35. The highest BCUT2D eigenvalue weighted by molar-refractivity contribution is 5.77. The minimum atomic E-state index is 0.585. The average molecular weight is 300 g/mol. The van der Waals surface area contributed by atoms with Gasteiger partial charge in [0.05, 0.1) is 11.6 Å². The molecule has 1 saturated carbocycles. The van der Waals surface area contributed by atoms with Gasteiger partial charge >= 0.3 is 0 Å². The fourth-order valence-electron chi connectivity index (χ4n) is 3.58. The van der Waals surface area contributed by atoms with Crippen LogP contribution in [0.4, 0.5) is 0 Å². The van der Waals surface area contributed by atoms with E-state index in [-0.39, 0.29) is 0 Å². The smallest absolute Gasteiger partial charge is 0.134 e. The molecule has 0 saturated heterocycles. The molecule has 2 nitrogen and oxygen atoms in total. The number of rotatable bonds is 3. The highest BCUT2D eigenvalue weighted by Gasteiger charge is 2.27. The van der Waals surface area contributed by atoms with Crippen molar-refractivity contribution in [3.63, 3.8) is 0 Å². The van der Waals surface area contributed by atoms with Crippen molar-refractivity contribution in [1.29, 1.82) is 5.26 Å². The maximum atomic E-state index is 8.90. The number of para-hydroxylation sites is 1. The molecule has 1 fully saturated rings. The Morgan fingerprint density at radius 1 is 1.09 bits per heavy atom. The Morgan fingerprint density at radius 3 is 2.70 bits per heavy atom. The van der Waals surface area contributed by atoms with Crippen LogP contribution in [0.15, 0.2) is 59.0 Å². The van der Waals surface area contributed by atoms with Crippen LogP contribution < -0.4 is 0 Å². The molecule has 1 aliphatic carbocycles. The third-order valence-corrected chi connectivity index (χ3v) is 4.79. The lowest BCUT2D eigenvalue weighted by Gasteiger charge is -2.10. The number of hydrogen-bond acceptors (Lipinski definition) is 2. The summed E-state index contributed by atoms with van der Waals surface area (Å²) in [4.78, 5) is 0. The van der Waals surface area contributed by atoms with Crippen LogP contribution in [0, 0.1) is 17.2 Å². The largest absolute Gasteiger partial charge is 0.461 e. The van der Waals surface area contributed by atoms with Crippen molar-refractivity contribution in [3.8, 4) is 6.07 Å². The van der Waals surface area contributed by atoms with Gasteiger partial charge in [-0.2, -0.15) is 5.26 Å². The molecule has 0 bridgehead atoms. The molecule has 2 aromatic carbocycles. The molecule has 1 radical (unpaired) electrons. The van der Waals surface area contributed by atoms with Gasteiger partial charge in [0.2, 0.25) is 0 Å². The Morgan fingerprint density at radius 2 is 1.91 bits per heavy atom. The first kappa shape index (κ1) is 14.1. The second kappa shape index (κ2) is 5.93. The molecule has 1 unspecified atom stereocenters. The maximum Gasteiger partial charge on any atom is 0.134 e. The van der Waals surface area contributed by atoms with E-state index in [0.717, 1.165) is 29.7 Å². The van der Waals surface area contributed by atoms with Crippen molar-refractivity contribution in [2.75, 3.05) is 0 Å². The average Bonchev–Trinajstić information content (AvgIpc) is 3.21. The molecule has 1 aliphatic rings. The molecule has 0 aliphatic heterocycles. The van der Waals surface area contributed by atoms with E-state index in [0.29, 0.717) is 5.92 Å². The summed E-state index contributed by atoms with van der Waals surface area (Å²) < 4.78 is 5.94. The summed E-state index contributed by atoms with van der Waals surface area (Å²) >= 11 is 0. The number of furan rings is 1. The lowest BCUT2D eigenvalue weighted by atomic mass is 9.94. The third-order valence-electron chi connectivity index (χ3n) is 4.79. The van der Waals surface area contributed by atoms with Crippen LogP contribution in [-0.2, 0) is 6.42 Å². The van der Waals surface area contributed by atoms with Gasteiger partial charge in [0.15, 0.2) is 0 Å². The molecular weight excluding hydrogens is 282 g/mol. The van der Waals surface area contributed by atoms with Crippen LogP contribution in [0.3, 0.4) is 0 Å². The van der Waals surface area contributed by atoms with Gasteiger partial charge in [-0.25, -0.2) is 0 Å². The van der Waals surface area contributed by atoms with E-state index < -0.39 is 0 Å². The first-order valence-corrected chi connectivity index (χ1v) is 8.13. The molecule has 4 rings (SSSR count). The predicted octanol–water partition coefficient (Wildman–Crippen LogP) is 5.39. The van der Waals surface area contributed by atoms with Crippen LogP contribution in [0.1, 0.15) is 42.1 Å². The van der Waals surface area contributed by atoms with Gasteiger partial charge < -0.3 is 4.42 Å². The molecular formula is C21H18NO. The molecule has 23 heavy (non-hydrogen) atoms. The Bertz CT molecular complexity index is 820. The molecule has 0 N–H and O–H groups in total. The van der Waals surface area contributed by atoms with Crippen molar-refractivity contribution >= 4 is 11.0 Å². The zero-order valence-electron chi connectivity index (χ0n) is 13.0. The van der Waals surface area contributed by atoms with Crippen LogP contribution >= 0.6 is 0 Å². The number of benzene rings is 2. The van der Waals surface area contributed by atoms with Crippen LogP contribution in [0.25, 0.3) is 11.0 Å². The minimum Gasteiger partial charge on any atom is -0.461 e. The summed E-state index contributed by atoms with van der Waals surface area (Å²) in [7, 11) is 0. The van der Waals surface area contributed by atoms with Crippen molar-refractivity contribution < 1.29 is 4.42 Å². The van der Waals surface area contributed by atoms with Gasteiger partial charge in [-0.1, -0.05) is 30.3 Å². The highest BCUT2D eigenvalue weighted by atomic mass is 16.3. The molecule has 0 spiro atoms. The van der Waals surface area contributed by atoms with Gasteiger partial charge in [0, 0.05) is 11.8 Å². The maximum absolute atomic E-state index is 8.90. The lowest BCUT2D eigenvalue weighted by molar-refractivity contribution is 0.544.